The fourth-order valence-electron chi connectivity index (χ4n) is 2.53. The molecule has 2 N–H and O–H groups in total. The molecule has 1 aromatic carbocycles. The van der Waals surface area contributed by atoms with E-state index in [-0.39, 0.29) is 6.04 Å². The fraction of sp³-hybridized carbons (Fsp3) is 0.467. The van der Waals surface area contributed by atoms with Gasteiger partial charge in [-0.05, 0) is 43.1 Å². The number of halogens is 1. The van der Waals surface area contributed by atoms with Crippen LogP contribution in [0.2, 0.25) is 5.02 Å². The number of rotatable bonds is 3. The Kier molecular flexibility index (Phi) is 4.24. The third-order valence-electron chi connectivity index (χ3n) is 4.02. The first kappa shape index (κ1) is 14.5. The second-order valence-corrected chi connectivity index (χ2v) is 6.11. The molecule has 5 nitrogen and oxygen atoms in total. The lowest BCUT2D eigenvalue weighted by Crippen LogP contribution is -2.47. The molecule has 0 bridgehead atoms. The van der Waals surface area contributed by atoms with Crippen molar-refractivity contribution in [1.29, 1.82) is 0 Å². The summed E-state index contributed by atoms with van der Waals surface area (Å²) in [5.41, 5.74) is 6.99. The quantitative estimate of drug-likeness (QED) is 0.944. The molecule has 6 heteroatoms. The van der Waals surface area contributed by atoms with Gasteiger partial charge in [-0.3, -0.25) is 4.90 Å². The standard InChI is InChI=1S/C15H19ClN4O/c1-10-6-7-20(8-13(10)17)9-14-18-19-15(21-14)11-2-4-12(16)5-3-11/h2-5,10,13H,6-9,17H2,1H3. The van der Waals surface area contributed by atoms with Crippen LogP contribution in [0.3, 0.4) is 0 Å². The fourth-order valence-corrected chi connectivity index (χ4v) is 2.66. The minimum absolute atomic E-state index is 0.220. The molecule has 112 valence electrons. The maximum Gasteiger partial charge on any atom is 0.247 e. The molecular formula is C15H19ClN4O. The lowest BCUT2D eigenvalue weighted by atomic mass is 9.94. The number of aromatic nitrogens is 2. The van der Waals surface area contributed by atoms with Gasteiger partial charge in [0, 0.05) is 23.2 Å². The van der Waals surface area contributed by atoms with Crippen molar-refractivity contribution in [3.8, 4) is 11.5 Å². The molecule has 0 saturated carbocycles. The van der Waals surface area contributed by atoms with Gasteiger partial charge in [0.25, 0.3) is 0 Å². The zero-order valence-corrected chi connectivity index (χ0v) is 12.8. The number of likely N-dealkylation sites (tertiary alicyclic amines) is 1. The molecule has 1 aliphatic rings. The number of hydrogen-bond acceptors (Lipinski definition) is 5. The monoisotopic (exact) mass is 306 g/mol. The van der Waals surface area contributed by atoms with Gasteiger partial charge in [-0.15, -0.1) is 10.2 Å². The van der Waals surface area contributed by atoms with E-state index < -0.39 is 0 Å². The Balaban J connectivity index is 1.66. The van der Waals surface area contributed by atoms with Crippen LogP contribution in [0.25, 0.3) is 11.5 Å². The van der Waals surface area contributed by atoms with Crippen molar-refractivity contribution < 1.29 is 4.42 Å². The third kappa shape index (κ3) is 3.43. The minimum atomic E-state index is 0.220. The van der Waals surface area contributed by atoms with Gasteiger partial charge in [0.1, 0.15) is 0 Å². The molecule has 0 spiro atoms. The topological polar surface area (TPSA) is 68.2 Å². The van der Waals surface area contributed by atoms with Crippen molar-refractivity contribution in [3.63, 3.8) is 0 Å². The molecule has 1 aromatic heterocycles. The second kappa shape index (κ2) is 6.13. The van der Waals surface area contributed by atoms with Gasteiger partial charge in [0.05, 0.1) is 6.54 Å². The van der Waals surface area contributed by atoms with Crippen molar-refractivity contribution in [2.75, 3.05) is 13.1 Å². The van der Waals surface area contributed by atoms with E-state index in [9.17, 15) is 0 Å². The van der Waals surface area contributed by atoms with Crippen molar-refractivity contribution in [1.82, 2.24) is 15.1 Å². The average Bonchev–Trinajstić information content (AvgIpc) is 2.92. The Morgan fingerprint density at radius 2 is 2.10 bits per heavy atom. The number of piperidine rings is 1. The van der Waals surface area contributed by atoms with E-state index in [0.29, 0.717) is 29.3 Å². The lowest BCUT2D eigenvalue weighted by Gasteiger charge is -2.34. The van der Waals surface area contributed by atoms with Gasteiger partial charge >= 0.3 is 0 Å². The normalized spacial score (nSPS) is 23.4. The second-order valence-electron chi connectivity index (χ2n) is 5.67. The Bertz CT molecular complexity index is 598. The molecule has 0 radical (unpaired) electrons. The number of nitrogens with two attached hydrogens (primary N) is 1. The molecule has 0 amide bonds. The number of benzene rings is 1. The largest absolute Gasteiger partial charge is 0.419 e. The van der Waals surface area contributed by atoms with E-state index in [2.05, 4.69) is 22.0 Å². The smallest absolute Gasteiger partial charge is 0.247 e. The highest BCUT2D eigenvalue weighted by atomic mass is 35.5. The van der Waals surface area contributed by atoms with Crippen molar-refractivity contribution in [2.45, 2.75) is 25.9 Å². The van der Waals surface area contributed by atoms with Gasteiger partial charge in [-0.2, -0.15) is 0 Å². The maximum absolute atomic E-state index is 6.11. The SMILES string of the molecule is CC1CCN(Cc2nnc(-c3ccc(Cl)cc3)o2)CC1N. The lowest BCUT2D eigenvalue weighted by molar-refractivity contribution is 0.150. The minimum Gasteiger partial charge on any atom is -0.419 e. The molecule has 1 fully saturated rings. The van der Waals surface area contributed by atoms with Crippen LogP contribution >= 0.6 is 11.6 Å². The van der Waals surface area contributed by atoms with Gasteiger partial charge in [-0.25, -0.2) is 0 Å². The molecule has 2 unspecified atom stereocenters. The number of hydrogen-bond donors (Lipinski definition) is 1. The molecule has 2 atom stereocenters. The summed E-state index contributed by atoms with van der Waals surface area (Å²) in [5, 5.41) is 8.91. The van der Waals surface area contributed by atoms with Crippen LogP contribution in [-0.2, 0) is 6.54 Å². The molecule has 1 saturated heterocycles. The van der Waals surface area contributed by atoms with Gasteiger partial charge in [0.2, 0.25) is 11.8 Å². The van der Waals surface area contributed by atoms with E-state index >= 15 is 0 Å². The molecule has 3 rings (SSSR count). The Morgan fingerprint density at radius 1 is 1.33 bits per heavy atom. The first-order valence-electron chi connectivity index (χ1n) is 7.18. The molecule has 21 heavy (non-hydrogen) atoms. The molecular weight excluding hydrogens is 288 g/mol. The van der Waals surface area contributed by atoms with Gasteiger partial charge in [0.15, 0.2) is 0 Å². The average molecular weight is 307 g/mol. The summed E-state index contributed by atoms with van der Waals surface area (Å²) in [5.74, 6) is 1.73. The highest BCUT2D eigenvalue weighted by molar-refractivity contribution is 6.30. The van der Waals surface area contributed by atoms with Crippen LogP contribution < -0.4 is 5.73 Å². The van der Waals surface area contributed by atoms with Crippen LogP contribution in [0.5, 0.6) is 0 Å². The van der Waals surface area contributed by atoms with E-state index in [4.69, 9.17) is 21.8 Å². The summed E-state index contributed by atoms with van der Waals surface area (Å²) < 4.78 is 5.73. The Labute approximate surface area is 129 Å². The van der Waals surface area contributed by atoms with E-state index in [1.807, 2.05) is 24.3 Å². The summed E-state index contributed by atoms with van der Waals surface area (Å²) in [6, 6.07) is 7.59. The summed E-state index contributed by atoms with van der Waals surface area (Å²) in [6.07, 6.45) is 1.11. The number of nitrogens with zero attached hydrogens (tertiary/aromatic N) is 3. The van der Waals surface area contributed by atoms with E-state index in [0.717, 1.165) is 25.1 Å². The highest BCUT2D eigenvalue weighted by Crippen LogP contribution is 2.22. The summed E-state index contributed by atoms with van der Waals surface area (Å²) in [7, 11) is 0. The third-order valence-corrected chi connectivity index (χ3v) is 4.27. The first-order valence-corrected chi connectivity index (χ1v) is 7.56. The highest BCUT2D eigenvalue weighted by Gasteiger charge is 2.24. The molecule has 2 heterocycles. The Hall–Kier alpha value is -1.43. The molecule has 1 aliphatic heterocycles. The van der Waals surface area contributed by atoms with Crippen molar-refractivity contribution in [2.24, 2.45) is 11.7 Å². The van der Waals surface area contributed by atoms with Crippen molar-refractivity contribution in [3.05, 3.63) is 35.2 Å². The predicted octanol–water partition coefficient (Wildman–Crippen LogP) is 2.56. The summed E-state index contributed by atoms with van der Waals surface area (Å²) in [6.45, 7) is 4.75. The van der Waals surface area contributed by atoms with Crippen LogP contribution in [0.15, 0.2) is 28.7 Å². The van der Waals surface area contributed by atoms with Gasteiger partial charge < -0.3 is 10.2 Å². The first-order chi connectivity index (χ1) is 10.1. The predicted molar refractivity (Wildman–Crippen MR) is 81.8 cm³/mol. The summed E-state index contributed by atoms with van der Waals surface area (Å²) >= 11 is 5.87. The zero-order chi connectivity index (χ0) is 14.8. The van der Waals surface area contributed by atoms with Crippen LogP contribution in [0, 0.1) is 5.92 Å². The van der Waals surface area contributed by atoms with Gasteiger partial charge in [-0.1, -0.05) is 18.5 Å². The zero-order valence-electron chi connectivity index (χ0n) is 12.0. The molecule has 2 aromatic rings. The molecule has 0 aliphatic carbocycles. The Morgan fingerprint density at radius 3 is 2.81 bits per heavy atom. The van der Waals surface area contributed by atoms with Crippen LogP contribution in [-0.4, -0.2) is 34.2 Å². The summed E-state index contributed by atoms with van der Waals surface area (Å²) in [4.78, 5) is 2.27. The van der Waals surface area contributed by atoms with Crippen LogP contribution in [0.1, 0.15) is 19.2 Å². The van der Waals surface area contributed by atoms with E-state index in [1.54, 1.807) is 0 Å². The maximum atomic E-state index is 6.11. The van der Waals surface area contributed by atoms with Crippen LogP contribution in [0.4, 0.5) is 0 Å². The van der Waals surface area contributed by atoms with Crippen molar-refractivity contribution >= 4 is 11.6 Å². The van der Waals surface area contributed by atoms with E-state index in [1.165, 1.54) is 0 Å².